The maximum absolute atomic E-state index is 11.9. The van der Waals surface area contributed by atoms with Gasteiger partial charge in [-0.2, -0.15) is 0 Å². The van der Waals surface area contributed by atoms with E-state index in [4.69, 9.17) is 9.47 Å². The van der Waals surface area contributed by atoms with E-state index in [0.29, 0.717) is 26.0 Å². The van der Waals surface area contributed by atoms with E-state index in [1.807, 2.05) is 13.8 Å². The van der Waals surface area contributed by atoms with Crippen molar-refractivity contribution in [2.75, 3.05) is 26.3 Å². The van der Waals surface area contributed by atoms with Gasteiger partial charge in [0, 0.05) is 13.1 Å². The highest BCUT2D eigenvalue weighted by atomic mass is 16.7. The van der Waals surface area contributed by atoms with Crippen molar-refractivity contribution in [2.45, 2.75) is 53.6 Å². The molecular weight excluding hydrogens is 358 g/mol. The Morgan fingerprint density at radius 1 is 1.22 bits per heavy atom. The lowest BCUT2D eigenvalue weighted by Gasteiger charge is -2.24. The number of carbonyl (C=O) groups is 4. The van der Waals surface area contributed by atoms with Gasteiger partial charge in [-0.1, -0.05) is 13.8 Å². The van der Waals surface area contributed by atoms with Crippen LogP contribution in [0, 0.1) is 11.8 Å². The minimum absolute atomic E-state index is 0.164. The quantitative estimate of drug-likeness (QED) is 0.306. The van der Waals surface area contributed by atoms with E-state index in [9.17, 15) is 19.2 Å². The topological polar surface area (TPSA) is 108 Å². The van der Waals surface area contributed by atoms with E-state index in [1.165, 1.54) is 4.90 Å². The predicted molar refractivity (Wildman–Crippen MR) is 95.9 cm³/mol. The number of hydrogen-bond acceptors (Lipinski definition) is 8. The lowest BCUT2D eigenvalue weighted by molar-refractivity contribution is -0.144. The molecular formula is C18H31NO8. The molecule has 0 aromatic heterocycles. The van der Waals surface area contributed by atoms with E-state index >= 15 is 0 Å². The summed E-state index contributed by atoms with van der Waals surface area (Å²) in [6.45, 7) is 12.5. The molecule has 1 heterocycles. The first-order valence-electron chi connectivity index (χ1n) is 8.91. The zero-order valence-corrected chi connectivity index (χ0v) is 17.0. The van der Waals surface area contributed by atoms with Gasteiger partial charge in [-0.3, -0.25) is 9.59 Å². The van der Waals surface area contributed by atoms with Gasteiger partial charge in [0.1, 0.15) is 5.60 Å². The SMILES string of the molecule is CC(C)COC(=O)OC(=O)C1CCN(C(=O)OC(C)(C)C)C1.CCOC=O. The highest BCUT2D eigenvalue weighted by Gasteiger charge is 2.35. The highest BCUT2D eigenvalue weighted by Crippen LogP contribution is 2.20. The van der Waals surface area contributed by atoms with E-state index in [1.54, 1.807) is 27.7 Å². The van der Waals surface area contributed by atoms with Crippen molar-refractivity contribution in [1.29, 1.82) is 0 Å². The van der Waals surface area contributed by atoms with Crippen molar-refractivity contribution in [3.05, 3.63) is 0 Å². The summed E-state index contributed by atoms with van der Waals surface area (Å²) in [4.78, 5) is 45.7. The molecule has 0 aromatic carbocycles. The van der Waals surface area contributed by atoms with Crippen molar-refractivity contribution in [3.63, 3.8) is 0 Å². The monoisotopic (exact) mass is 389 g/mol. The fourth-order valence-electron chi connectivity index (χ4n) is 1.94. The number of carbonyl (C=O) groups excluding carboxylic acids is 4. The van der Waals surface area contributed by atoms with Crippen molar-refractivity contribution in [3.8, 4) is 0 Å². The third kappa shape index (κ3) is 11.8. The Morgan fingerprint density at radius 2 is 1.85 bits per heavy atom. The summed E-state index contributed by atoms with van der Waals surface area (Å²) in [5.74, 6) is -1.03. The van der Waals surface area contributed by atoms with Gasteiger partial charge >= 0.3 is 18.2 Å². The van der Waals surface area contributed by atoms with Crippen LogP contribution in [0.1, 0.15) is 48.0 Å². The average Bonchev–Trinajstić information content (AvgIpc) is 3.03. The molecule has 156 valence electrons. The van der Waals surface area contributed by atoms with Gasteiger partial charge < -0.3 is 23.8 Å². The Balaban J connectivity index is 0.00000119. The molecule has 1 saturated heterocycles. The zero-order valence-electron chi connectivity index (χ0n) is 17.0. The van der Waals surface area contributed by atoms with E-state index in [0.717, 1.165) is 0 Å². The normalized spacial score (nSPS) is 16.1. The summed E-state index contributed by atoms with van der Waals surface area (Å²) in [7, 11) is 0. The first-order valence-corrected chi connectivity index (χ1v) is 8.91. The van der Waals surface area contributed by atoms with Crippen LogP contribution in [0.25, 0.3) is 0 Å². The van der Waals surface area contributed by atoms with Crippen LogP contribution < -0.4 is 0 Å². The Labute approximate surface area is 160 Å². The van der Waals surface area contributed by atoms with Crippen LogP contribution in [0.15, 0.2) is 0 Å². The fraction of sp³-hybridized carbons (Fsp3) is 0.778. The van der Waals surface area contributed by atoms with Crippen LogP contribution in [0.5, 0.6) is 0 Å². The molecule has 0 saturated carbocycles. The van der Waals surface area contributed by atoms with E-state index in [2.05, 4.69) is 9.47 Å². The Hall–Kier alpha value is -2.32. The lowest BCUT2D eigenvalue weighted by atomic mass is 10.1. The Kier molecular flexibility index (Phi) is 11.1. The van der Waals surface area contributed by atoms with Crippen LogP contribution in [0.3, 0.4) is 0 Å². The first kappa shape index (κ1) is 24.7. The van der Waals surface area contributed by atoms with Gasteiger partial charge in [0.25, 0.3) is 6.47 Å². The second-order valence-corrected chi connectivity index (χ2v) is 7.34. The van der Waals surface area contributed by atoms with Gasteiger partial charge in [0.2, 0.25) is 0 Å². The van der Waals surface area contributed by atoms with Crippen molar-refractivity contribution in [2.24, 2.45) is 11.8 Å². The molecule has 1 aliphatic rings. The summed E-state index contributed by atoms with van der Waals surface area (Å²) in [6, 6.07) is 0. The fourth-order valence-corrected chi connectivity index (χ4v) is 1.94. The molecule has 1 aliphatic heterocycles. The Bertz CT molecular complexity index is 498. The zero-order chi connectivity index (χ0) is 21.0. The van der Waals surface area contributed by atoms with E-state index in [-0.39, 0.29) is 19.1 Å². The molecule has 0 bridgehead atoms. The number of likely N-dealkylation sites (tertiary alicyclic amines) is 1. The number of hydrogen-bond donors (Lipinski definition) is 0. The number of ether oxygens (including phenoxy) is 4. The summed E-state index contributed by atoms with van der Waals surface area (Å²) >= 11 is 0. The van der Waals surface area contributed by atoms with Crippen LogP contribution >= 0.6 is 0 Å². The largest absolute Gasteiger partial charge is 0.516 e. The van der Waals surface area contributed by atoms with Crippen molar-refractivity contribution >= 4 is 24.7 Å². The summed E-state index contributed by atoms with van der Waals surface area (Å²) < 4.78 is 18.8. The minimum atomic E-state index is -0.991. The Morgan fingerprint density at radius 3 is 2.30 bits per heavy atom. The molecule has 9 heteroatoms. The smallest absolute Gasteiger partial charge is 0.468 e. The molecule has 27 heavy (non-hydrogen) atoms. The van der Waals surface area contributed by atoms with Crippen molar-refractivity contribution in [1.82, 2.24) is 4.90 Å². The molecule has 1 amide bonds. The molecule has 1 unspecified atom stereocenters. The maximum Gasteiger partial charge on any atom is 0.516 e. The van der Waals surface area contributed by atoms with Crippen LogP contribution in [0.2, 0.25) is 0 Å². The van der Waals surface area contributed by atoms with Gasteiger partial charge in [0.05, 0.1) is 19.1 Å². The number of rotatable bonds is 5. The molecule has 1 atom stereocenters. The number of esters is 1. The van der Waals surface area contributed by atoms with Crippen LogP contribution in [-0.4, -0.2) is 61.5 Å². The maximum atomic E-state index is 11.9. The predicted octanol–water partition coefficient (Wildman–Crippen LogP) is 2.76. The minimum Gasteiger partial charge on any atom is -0.468 e. The third-order valence-electron chi connectivity index (χ3n) is 3.13. The number of amides is 1. The standard InChI is InChI=1S/C15H25NO6.C3H6O2/c1-10(2)9-20-14(19)21-12(17)11-6-7-16(8-11)13(18)22-15(3,4)5;1-2-5-3-4/h10-11H,6-9H2,1-5H3;3H,2H2,1H3. The first-order chi connectivity index (χ1) is 12.5. The third-order valence-corrected chi connectivity index (χ3v) is 3.13. The molecule has 9 nitrogen and oxygen atoms in total. The van der Waals surface area contributed by atoms with Gasteiger partial charge in [-0.15, -0.1) is 0 Å². The highest BCUT2D eigenvalue weighted by molar-refractivity contribution is 5.84. The molecule has 0 spiro atoms. The molecule has 0 radical (unpaired) electrons. The van der Waals surface area contributed by atoms with Gasteiger partial charge in [-0.25, -0.2) is 9.59 Å². The molecule has 0 aliphatic carbocycles. The molecule has 0 aromatic rings. The van der Waals surface area contributed by atoms with Gasteiger partial charge in [0.15, 0.2) is 0 Å². The summed E-state index contributed by atoms with van der Waals surface area (Å²) in [6.07, 6.45) is -1.02. The van der Waals surface area contributed by atoms with Crippen molar-refractivity contribution < 1.29 is 38.1 Å². The van der Waals surface area contributed by atoms with Gasteiger partial charge in [-0.05, 0) is 40.0 Å². The van der Waals surface area contributed by atoms with E-state index < -0.39 is 29.7 Å². The van der Waals surface area contributed by atoms with Crippen LogP contribution in [0.4, 0.5) is 9.59 Å². The second-order valence-electron chi connectivity index (χ2n) is 7.34. The second kappa shape index (κ2) is 12.1. The number of nitrogens with zero attached hydrogens (tertiary/aromatic N) is 1. The van der Waals surface area contributed by atoms with Crippen LogP contribution in [-0.2, 0) is 28.5 Å². The lowest BCUT2D eigenvalue weighted by Crippen LogP contribution is -2.36. The molecule has 1 fully saturated rings. The summed E-state index contributed by atoms with van der Waals surface area (Å²) in [5, 5.41) is 0. The summed E-state index contributed by atoms with van der Waals surface area (Å²) in [5.41, 5.74) is -0.587. The molecule has 1 rings (SSSR count). The molecule has 0 N–H and O–H groups in total. The average molecular weight is 389 g/mol.